The SMILES string of the molecule is CC(C)(C)CCCNC(=O)C(F)(F)F. The van der Waals surface area contributed by atoms with Gasteiger partial charge in [0.2, 0.25) is 0 Å². The van der Waals surface area contributed by atoms with E-state index in [4.69, 9.17) is 0 Å². The fourth-order valence-corrected chi connectivity index (χ4v) is 0.921. The van der Waals surface area contributed by atoms with Gasteiger partial charge in [-0.3, -0.25) is 4.79 Å². The molecule has 5 heteroatoms. The average molecular weight is 211 g/mol. The van der Waals surface area contributed by atoms with E-state index in [0.717, 1.165) is 6.42 Å². The van der Waals surface area contributed by atoms with Crippen LogP contribution in [0, 0.1) is 5.41 Å². The van der Waals surface area contributed by atoms with Crippen molar-refractivity contribution in [2.45, 2.75) is 39.8 Å². The quantitative estimate of drug-likeness (QED) is 0.714. The van der Waals surface area contributed by atoms with Gasteiger partial charge in [-0.05, 0) is 18.3 Å². The third kappa shape index (κ3) is 6.74. The fraction of sp³-hybridized carbons (Fsp3) is 0.889. The topological polar surface area (TPSA) is 29.1 Å². The van der Waals surface area contributed by atoms with E-state index in [1.165, 1.54) is 0 Å². The molecule has 0 bridgehead atoms. The summed E-state index contributed by atoms with van der Waals surface area (Å²) in [6.45, 7) is 6.07. The van der Waals surface area contributed by atoms with Gasteiger partial charge in [-0.2, -0.15) is 13.2 Å². The Hall–Kier alpha value is -0.740. The van der Waals surface area contributed by atoms with Crippen molar-refractivity contribution in [1.29, 1.82) is 0 Å². The molecule has 0 atom stereocenters. The van der Waals surface area contributed by atoms with Gasteiger partial charge in [0.25, 0.3) is 0 Å². The van der Waals surface area contributed by atoms with Gasteiger partial charge in [0.1, 0.15) is 0 Å². The van der Waals surface area contributed by atoms with Gasteiger partial charge in [0.05, 0.1) is 0 Å². The lowest BCUT2D eigenvalue weighted by atomic mass is 9.91. The summed E-state index contributed by atoms with van der Waals surface area (Å²) >= 11 is 0. The van der Waals surface area contributed by atoms with Gasteiger partial charge in [0.15, 0.2) is 0 Å². The van der Waals surface area contributed by atoms with Crippen LogP contribution >= 0.6 is 0 Å². The Bertz CT molecular complexity index is 193. The first-order valence-corrected chi connectivity index (χ1v) is 4.48. The van der Waals surface area contributed by atoms with E-state index in [0.29, 0.717) is 6.42 Å². The summed E-state index contributed by atoms with van der Waals surface area (Å²) in [5.74, 6) is -1.86. The Labute approximate surface area is 81.9 Å². The molecule has 2 nitrogen and oxygen atoms in total. The average Bonchev–Trinajstić information content (AvgIpc) is 1.93. The van der Waals surface area contributed by atoms with Gasteiger partial charge >= 0.3 is 12.1 Å². The Morgan fingerprint density at radius 2 is 1.71 bits per heavy atom. The van der Waals surface area contributed by atoms with Crippen molar-refractivity contribution in [3.05, 3.63) is 0 Å². The third-order valence-electron chi connectivity index (χ3n) is 1.65. The molecule has 0 aromatic rings. The number of hydrogen-bond acceptors (Lipinski definition) is 1. The predicted molar refractivity (Wildman–Crippen MR) is 47.8 cm³/mol. The molecule has 0 aromatic heterocycles. The molecule has 0 saturated carbocycles. The molecule has 0 saturated heterocycles. The highest BCUT2D eigenvalue weighted by molar-refractivity contribution is 5.81. The van der Waals surface area contributed by atoms with Gasteiger partial charge in [-0.25, -0.2) is 0 Å². The second-order valence-corrected chi connectivity index (χ2v) is 4.42. The standard InChI is InChI=1S/C9H16F3NO/c1-8(2,3)5-4-6-13-7(14)9(10,11)12/h4-6H2,1-3H3,(H,13,14). The molecule has 1 amide bonds. The minimum Gasteiger partial charge on any atom is -0.348 e. The van der Waals surface area contributed by atoms with Crippen LogP contribution in [0.2, 0.25) is 0 Å². The molecule has 84 valence electrons. The Morgan fingerprint density at radius 1 is 1.21 bits per heavy atom. The highest BCUT2D eigenvalue weighted by atomic mass is 19.4. The molecule has 0 spiro atoms. The van der Waals surface area contributed by atoms with Crippen LogP contribution in [0.25, 0.3) is 0 Å². The van der Waals surface area contributed by atoms with E-state index < -0.39 is 12.1 Å². The number of carbonyl (C=O) groups is 1. The molecule has 0 unspecified atom stereocenters. The van der Waals surface area contributed by atoms with Crippen LogP contribution in [0.3, 0.4) is 0 Å². The number of amides is 1. The van der Waals surface area contributed by atoms with Crippen molar-refractivity contribution in [3.8, 4) is 0 Å². The van der Waals surface area contributed by atoms with Crippen molar-refractivity contribution in [1.82, 2.24) is 5.32 Å². The van der Waals surface area contributed by atoms with Crippen molar-refractivity contribution in [2.24, 2.45) is 5.41 Å². The number of nitrogens with one attached hydrogen (secondary N) is 1. The normalized spacial score (nSPS) is 12.7. The van der Waals surface area contributed by atoms with Crippen molar-refractivity contribution >= 4 is 5.91 Å². The summed E-state index contributed by atoms with van der Waals surface area (Å²) in [6, 6.07) is 0. The second kappa shape index (κ2) is 4.66. The van der Waals surface area contributed by atoms with Gasteiger partial charge in [-0.1, -0.05) is 20.8 Å². The van der Waals surface area contributed by atoms with E-state index in [1.54, 1.807) is 0 Å². The van der Waals surface area contributed by atoms with Crippen LogP contribution in [0.5, 0.6) is 0 Å². The summed E-state index contributed by atoms with van der Waals surface area (Å²) in [6.07, 6.45) is -3.42. The molecule has 0 aliphatic rings. The number of hydrogen-bond donors (Lipinski definition) is 1. The van der Waals surface area contributed by atoms with Crippen molar-refractivity contribution in [3.63, 3.8) is 0 Å². The number of alkyl halides is 3. The van der Waals surface area contributed by atoms with Crippen molar-refractivity contribution in [2.75, 3.05) is 6.54 Å². The first-order valence-electron chi connectivity index (χ1n) is 4.48. The minimum absolute atomic E-state index is 0.0790. The maximum Gasteiger partial charge on any atom is 0.471 e. The van der Waals surface area contributed by atoms with Crippen molar-refractivity contribution < 1.29 is 18.0 Å². The maximum absolute atomic E-state index is 11.7. The maximum atomic E-state index is 11.7. The number of rotatable bonds is 3. The number of halogens is 3. The zero-order chi connectivity index (χ0) is 11.4. The zero-order valence-electron chi connectivity index (χ0n) is 8.66. The van der Waals surface area contributed by atoms with Gasteiger partial charge in [-0.15, -0.1) is 0 Å². The Balaban J connectivity index is 3.62. The summed E-state index contributed by atoms with van der Waals surface area (Å²) in [4.78, 5) is 10.4. The lowest BCUT2D eigenvalue weighted by Crippen LogP contribution is -2.37. The Kier molecular flexibility index (Phi) is 4.42. The molecule has 0 radical (unpaired) electrons. The third-order valence-corrected chi connectivity index (χ3v) is 1.65. The lowest BCUT2D eigenvalue weighted by Gasteiger charge is -2.17. The summed E-state index contributed by atoms with van der Waals surface area (Å²) in [5.41, 5.74) is 0.0863. The highest BCUT2D eigenvalue weighted by Crippen LogP contribution is 2.20. The summed E-state index contributed by atoms with van der Waals surface area (Å²) < 4.78 is 35.1. The van der Waals surface area contributed by atoms with Crippen LogP contribution in [-0.4, -0.2) is 18.6 Å². The van der Waals surface area contributed by atoms with E-state index >= 15 is 0 Å². The molecule has 0 aromatic carbocycles. The number of carbonyl (C=O) groups excluding carboxylic acids is 1. The molecular weight excluding hydrogens is 195 g/mol. The summed E-state index contributed by atoms with van der Waals surface area (Å²) in [5, 5.41) is 1.83. The minimum atomic E-state index is -4.76. The van der Waals surface area contributed by atoms with Crippen LogP contribution < -0.4 is 5.32 Å². The first kappa shape index (κ1) is 13.3. The van der Waals surface area contributed by atoms with Crippen LogP contribution in [-0.2, 0) is 4.79 Å². The largest absolute Gasteiger partial charge is 0.471 e. The molecule has 0 rings (SSSR count). The lowest BCUT2D eigenvalue weighted by molar-refractivity contribution is -0.173. The Morgan fingerprint density at radius 3 is 2.07 bits per heavy atom. The fourth-order valence-electron chi connectivity index (χ4n) is 0.921. The molecule has 0 heterocycles. The molecule has 0 aliphatic carbocycles. The molecule has 0 aliphatic heterocycles. The smallest absolute Gasteiger partial charge is 0.348 e. The van der Waals surface area contributed by atoms with E-state index in [9.17, 15) is 18.0 Å². The first-order chi connectivity index (χ1) is 6.13. The molecular formula is C9H16F3NO. The molecule has 14 heavy (non-hydrogen) atoms. The second-order valence-electron chi connectivity index (χ2n) is 4.42. The summed E-state index contributed by atoms with van der Waals surface area (Å²) in [7, 11) is 0. The monoisotopic (exact) mass is 211 g/mol. The highest BCUT2D eigenvalue weighted by Gasteiger charge is 2.38. The molecule has 1 N–H and O–H groups in total. The van der Waals surface area contributed by atoms with Crippen LogP contribution in [0.1, 0.15) is 33.6 Å². The van der Waals surface area contributed by atoms with Gasteiger partial charge < -0.3 is 5.32 Å². The zero-order valence-corrected chi connectivity index (χ0v) is 8.66. The van der Waals surface area contributed by atoms with Crippen LogP contribution in [0.4, 0.5) is 13.2 Å². The van der Waals surface area contributed by atoms with Gasteiger partial charge in [0, 0.05) is 6.54 Å². The molecule has 0 fully saturated rings. The predicted octanol–water partition coefficient (Wildman–Crippen LogP) is 2.49. The van der Waals surface area contributed by atoms with Crippen LogP contribution in [0.15, 0.2) is 0 Å². The van der Waals surface area contributed by atoms with E-state index in [1.807, 2.05) is 26.1 Å². The van der Waals surface area contributed by atoms with E-state index in [2.05, 4.69) is 0 Å². The van der Waals surface area contributed by atoms with E-state index in [-0.39, 0.29) is 12.0 Å².